The van der Waals surface area contributed by atoms with E-state index in [1.54, 1.807) is 0 Å². The van der Waals surface area contributed by atoms with Crippen LogP contribution in [0.15, 0.2) is 30.3 Å². The molecule has 2 amide bonds. The topological polar surface area (TPSA) is 52.7 Å². The van der Waals surface area contributed by atoms with Gasteiger partial charge < -0.3 is 15.1 Å². The smallest absolute Gasteiger partial charge is 0.253 e. The molecular formula is C23H35N3O2. The molecule has 1 aromatic rings. The van der Waals surface area contributed by atoms with E-state index in [0.717, 1.165) is 64.0 Å². The second kappa shape index (κ2) is 10.6. The summed E-state index contributed by atoms with van der Waals surface area (Å²) < 4.78 is 0. The number of carbonyl (C=O) groups excluding carboxylic acids is 2. The van der Waals surface area contributed by atoms with E-state index in [9.17, 15) is 9.59 Å². The number of carbonyl (C=O) groups is 2. The van der Waals surface area contributed by atoms with E-state index < -0.39 is 0 Å². The fraction of sp³-hybridized carbons (Fsp3) is 0.652. The van der Waals surface area contributed by atoms with Crippen LogP contribution in [0.4, 0.5) is 0 Å². The molecule has 0 atom stereocenters. The molecule has 0 aliphatic carbocycles. The number of piperidine rings is 2. The average Bonchev–Trinajstić information content (AvgIpc) is 2.77. The number of nitrogens with one attached hydrogen (secondary N) is 1. The molecule has 28 heavy (non-hydrogen) atoms. The summed E-state index contributed by atoms with van der Waals surface area (Å²) in [5.74, 6) is 1.12. The Labute approximate surface area is 169 Å². The Morgan fingerprint density at radius 3 is 2.39 bits per heavy atom. The molecule has 5 heteroatoms. The van der Waals surface area contributed by atoms with Crippen molar-refractivity contribution in [1.29, 1.82) is 0 Å². The Balaban J connectivity index is 1.50. The number of likely N-dealkylation sites (tertiary alicyclic amines) is 1. The molecule has 2 aliphatic heterocycles. The summed E-state index contributed by atoms with van der Waals surface area (Å²) in [4.78, 5) is 29.7. The van der Waals surface area contributed by atoms with Crippen molar-refractivity contribution in [2.75, 3.05) is 32.7 Å². The van der Waals surface area contributed by atoms with E-state index in [1.807, 2.05) is 35.2 Å². The summed E-state index contributed by atoms with van der Waals surface area (Å²) in [6, 6.07) is 9.78. The van der Waals surface area contributed by atoms with Crippen molar-refractivity contribution in [3.8, 4) is 0 Å². The molecule has 0 radical (unpaired) electrons. The van der Waals surface area contributed by atoms with Crippen LogP contribution in [0.5, 0.6) is 0 Å². The maximum absolute atomic E-state index is 12.9. The summed E-state index contributed by atoms with van der Waals surface area (Å²) in [7, 11) is 0. The van der Waals surface area contributed by atoms with Crippen LogP contribution < -0.4 is 5.32 Å². The van der Waals surface area contributed by atoms with Crippen molar-refractivity contribution in [2.45, 2.75) is 57.9 Å². The molecule has 0 bridgehead atoms. The Kier molecular flexibility index (Phi) is 7.90. The van der Waals surface area contributed by atoms with E-state index in [2.05, 4.69) is 17.1 Å². The number of nitrogens with zero attached hydrogens (tertiary/aromatic N) is 2. The number of benzene rings is 1. The van der Waals surface area contributed by atoms with Crippen molar-refractivity contribution in [3.05, 3.63) is 35.9 Å². The highest BCUT2D eigenvalue weighted by molar-refractivity contribution is 5.94. The lowest BCUT2D eigenvalue weighted by Gasteiger charge is -2.39. The van der Waals surface area contributed by atoms with Gasteiger partial charge in [0, 0.05) is 37.7 Å². The van der Waals surface area contributed by atoms with Gasteiger partial charge in [-0.25, -0.2) is 0 Å². The van der Waals surface area contributed by atoms with E-state index in [-0.39, 0.29) is 11.9 Å². The van der Waals surface area contributed by atoms with Gasteiger partial charge in [0.1, 0.15) is 0 Å². The van der Waals surface area contributed by atoms with Gasteiger partial charge >= 0.3 is 0 Å². The first kappa shape index (κ1) is 20.8. The van der Waals surface area contributed by atoms with Crippen LogP contribution in [-0.4, -0.2) is 60.4 Å². The molecule has 0 saturated carbocycles. The number of hydrogen-bond acceptors (Lipinski definition) is 3. The third kappa shape index (κ3) is 5.57. The SMILES string of the molecule is CCCN(C(=O)CCC1CCNCC1)C1CCN(C(=O)c2ccccc2)CC1. The first-order valence-electron chi connectivity index (χ1n) is 11.0. The Bertz CT molecular complexity index is 620. The number of hydrogen-bond donors (Lipinski definition) is 1. The molecule has 2 saturated heterocycles. The molecule has 3 rings (SSSR count). The van der Waals surface area contributed by atoms with Gasteiger partial charge in [-0.1, -0.05) is 25.1 Å². The van der Waals surface area contributed by atoms with Crippen molar-refractivity contribution >= 4 is 11.8 Å². The third-order valence-corrected chi connectivity index (χ3v) is 6.22. The number of rotatable bonds is 7. The van der Waals surface area contributed by atoms with Crippen molar-refractivity contribution in [2.24, 2.45) is 5.92 Å². The van der Waals surface area contributed by atoms with E-state index in [0.29, 0.717) is 18.2 Å². The summed E-state index contributed by atoms with van der Waals surface area (Å²) in [5, 5.41) is 3.39. The molecular weight excluding hydrogens is 350 g/mol. The minimum absolute atomic E-state index is 0.110. The second-order valence-electron chi connectivity index (χ2n) is 8.21. The zero-order valence-corrected chi connectivity index (χ0v) is 17.2. The van der Waals surface area contributed by atoms with Gasteiger partial charge in [0.05, 0.1) is 0 Å². The molecule has 2 fully saturated rings. The molecule has 0 spiro atoms. The third-order valence-electron chi connectivity index (χ3n) is 6.22. The molecule has 2 heterocycles. The Hall–Kier alpha value is -1.88. The van der Waals surface area contributed by atoms with Crippen LogP contribution in [0.3, 0.4) is 0 Å². The van der Waals surface area contributed by atoms with Crippen molar-refractivity contribution in [3.63, 3.8) is 0 Å². The first-order chi connectivity index (χ1) is 13.7. The molecule has 0 unspecified atom stereocenters. The fourth-order valence-electron chi connectivity index (χ4n) is 4.54. The summed E-state index contributed by atoms with van der Waals surface area (Å²) in [5.41, 5.74) is 0.754. The molecule has 1 N–H and O–H groups in total. The maximum Gasteiger partial charge on any atom is 0.253 e. The predicted molar refractivity (Wildman–Crippen MR) is 112 cm³/mol. The summed E-state index contributed by atoms with van der Waals surface area (Å²) in [6.45, 7) is 6.63. The first-order valence-corrected chi connectivity index (χ1v) is 11.0. The van der Waals surface area contributed by atoms with Gasteiger partial charge in [0.25, 0.3) is 5.91 Å². The maximum atomic E-state index is 12.9. The van der Waals surface area contributed by atoms with Gasteiger partial charge in [-0.05, 0) is 69.7 Å². The van der Waals surface area contributed by atoms with E-state index in [4.69, 9.17) is 0 Å². The van der Waals surface area contributed by atoms with Gasteiger partial charge in [-0.2, -0.15) is 0 Å². The van der Waals surface area contributed by atoms with Crippen LogP contribution in [0.1, 0.15) is 62.2 Å². The molecule has 2 aliphatic rings. The van der Waals surface area contributed by atoms with Crippen molar-refractivity contribution < 1.29 is 9.59 Å². The lowest BCUT2D eigenvalue weighted by molar-refractivity contribution is -0.134. The van der Waals surface area contributed by atoms with Gasteiger partial charge in [-0.3, -0.25) is 9.59 Å². The normalized spacial score (nSPS) is 18.8. The fourth-order valence-corrected chi connectivity index (χ4v) is 4.54. The van der Waals surface area contributed by atoms with Crippen LogP contribution in [-0.2, 0) is 4.79 Å². The highest BCUT2D eigenvalue weighted by Gasteiger charge is 2.29. The number of amides is 2. The van der Waals surface area contributed by atoms with E-state index >= 15 is 0 Å². The van der Waals surface area contributed by atoms with Crippen molar-refractivity contribution in [1.82, 2.24) is 15.1 Å². The van der Waals surface area contributed by atoms with Gasteiger partial charge in [0.2, 0.25) is 5.91 Å². The monoisotopic (exact) mass is 385 g/mol. The minimum atomic E-state index is 0.110. The lowest BCUT2D eigenvalue weighted by Crippen LogP contribution is -2.49. The van der Waals surface area contributed by atoms with Crippen LogP contribution in [0.2, 0.25) is 0 Å². The average molecular weight is 386 g/mol. The molecule has 154 valence electrons. The lowest BCUT2D eigenvalue weighted by atomic mass is 9.92. The zero-order valence-electron chi connectivity index (χ0n) is 17.2. The minimum Gasteiger partial charge on any atom is -0.340 e. The summed E-state index contributed by atoms with van der Waals surface area (Å²) >= 11 is 0. The quantitative estimate of drug-likeness (QED) is 0.783. The Morgan fingerprint density at radius 1 is 1.07 bits per heavy atom. The van der Waals surface area contributed by atoms with Gasteiger partial charge in [-0.15, -0.1) is 0 Å². The molecule has 1 aromatic carbocycles. The van der Waals surface area contributed by atoms with E-state index in [1.165, 1.54) is 12.8 Å². The largest absolute Gasteiger partial charge is 0.340 e. The van der Waals surface area contributed by atoms with Crippen LogP contribution >= 0.6 is 0 Å². The van der Waals surface area contributed by atoms with Crippen LogP contribution in [0.25, 0.3) is 0 Å². The molecule has 5 nitrogen and oxygen atoms in total. The van der Waals surface area contributed by atoms with Gasteiger partial charge in [0.15, 0.2) is 0 Å². The zero-order chi connectivity index (χ0) is 19.8. The van der Waals surface area contributed by atoms with Crippen LogP contribution in [0, 0.1) is 5.92 Å². The second-order valence-corrected chi connectivity index (χ2v) is 8.21. The Morgan fingerprint density at radius 2 is 1.75 bits per heavy atom. The standard InChI is InChI=1S/C23H35N3O2/c1-2-16-26(22(27)9-8-19-10-14-24-15-11-19)21-12-17-25(18-13-21)23(28)20-6-4-3-5-7-20/h3-7,19,21,24H,2,8-18H2,1H3. The highest BCUT2D eigenvalue weighted by atomic mass is 16.2. The predicted octanol–water partition coefficient (Wildman–Crippen LogP) is 3.31. The summed E-state index contributed by atoms with van der Waals surface area (Å²) in [6.07, 6.45) is 6.85. The molecule has 0 aromatic heterocycles. The highest BCUT2D eigenvalue weighted by Crippen LogP contribution is 2.22.